The first-order valence-corrected chi connectivity index (χ1v) is 8.56. The smallest absolute Gasteiger partial charge is 0.319 e. The van der Waals surface area contributed by atoms with E-state index < -0.39 is 23.2 Å². The molecule has 0 fully saturated rings. The number of aromatic nitrogens is 1. The Morgan fingerprint density at radius 2 is 1.88 bits per heavy atom. The lowest BCUT2D eigenvalue weighted by Gasteiger charge is -2.16. The molecule has 1 heterocycles. The van der Waals surface area contributed by atoms with Crippen molar-refractivity contribution in [2.45, 2.75) is 30.1 Å². The van der Waals surface area contributed by atoms with Gasteiger partial charge in [0.2, 0.25) is 0 Å². The van der Waals surface area contributed by atoms with E-state index in [9.17, 15) is 9.59 Å². The number of pyridine rings is 1. The summed E-state index contributed by atoms with van der Waals surface area (Å²) in [6.45, 7) is 3.25. The van der Waals surface area contributed by atoms with Crippen molar-refractivity contribution in [2.75, 3.05) is 5.32 Å². The third-order valence-electron chi connectivity index (χ3n) is 3.07. The van der Waals surface area contributed by atoms with Crippen molar-refractivity contribution in [3.63, 3.8) is 0 Å². The van der Waals surface area contributed by atoms with Crippen LogP contribution in [0.5, 0.6) is 0 Å². The van der Waals surface area contributed by atoms with E-state index in [2.05, 4.69) is 10.3 Å². The molecule has 0 aliphatic heterocycles. The number of nitrogens with one attached hydrogen (secondary N) is 1. The largest absolute Gasteiger partial charge is 0.452 e. The minimum Gasteiger partial charge on any atom is -0.452 e. The summed E-state index contributed by atoms with van der Waals surface area (Å²) in [6, 6.07) is 12.8. The van der Waals surface area contributed by atoms with Crippen molar-refractivity contribution in [3.8, 4) is 0 Å². The molecule has 0 bridgehead atoms. The molecule has 2 aromatic rings. The quantitative estimate of drug-likeness (QED) is 0.480. The summed E-state index contributed by atoms with van der Waals surface area (Å²) in [5.74, 6) is -0.918. The molecule has 1 aromatic carbocycles. The van der Waals surface area contributed by atoms with Crippen LogP contribution in [0.15, 0.2) is 53.6 Å². The number of carbonyl (C=O) groups is 2. The van der Waals surface area contributed by atoms with Gasteiger partial charge in [-0.3, -0.25) is 9.59 Å². The van der Waals surface area contributed by atoms with Crippen molar-refractivity contribution in [2.24, 2.45) is 0 Å². The van der Waals surface area contributed by atoms with Crippen molar-refractivity contribution in [1.82, 2.24) is 4.98 Å². The lowest BCUT2D eigenvalue weighted by atomic mass is 10.3. The van der Waals surface area contributed by atoms with Gasteiger partial charge in [-0.2, -0.15) is 0 Å². The summed E-state index contributed by atoms with van der Waals surface area (Å²) in [4.78, 5) is 29.0. The van der Waals surface area contributed by atoms with E-state index in [1.807, 2.05) is 30.3 Å². The first kappa shape index (κ1) is 18.3. The van der Waals surface area contributed by atoms with E-state index in [-0.39, 0.29) is 5.15 Å². The predicted octanol–water partition coefficient (Wildman–Crippen LogP) is 3.79. The molecule has 5 nitrogen and oxygen atoms in total. The zero-order valence-electron chi connectivity index (χ0n) is 13.2. The Kier molecular flexibility index (Phi) is 6.63. The van der Waals surface area contributed by atoms with Crippen LogP contribution in [0.2, 0.25) is 5.15 Å². The van der Waals surface area contributed by atoms with Crippen molar-refractivity contribution in [3.05, 3.63) is 53.8 Å². The van der Waals surface area contributed by atoms with Crippen molar-refractivity contribution in [1.29, 1.82) is 0 Å². The van der Waals surface area contributed by atoms with Crippen LogP contribution in [0, 0.1) is 0 Å². The first-order chi connectivity index (χ1) is 11.5. The number of carbonyl (C=O) groups excluding carboxylic acids is 2. The zero-order valence-corrected chi connectivity index (χ0v) is 14.8. The number of benzene rings is 1. The molecule has 1 amide bonds. The van der Waals surface area contributed by atoms with Gasteiger partial charge in [-0.1, -0.05) is 29.8 Å². The van der Waals surface area contributed by atoms with E-state index in [1.165, 1.54) is 24.9 Å². The molecule has 0 radical (unpaired) electrons. The van der Waals surface area contributed by atoms with E-state index in [1.54, 1.807) is 19.1 Å². The molecule has 0 unspecified atom stereocenters. The maximum Gasteiger partial charge on any atom is 0.319 e. The van der Waals surface area contributed by atoms with Gasteiger partial charge in [0.25, 0.3) is 5.91 Å². The van der Waals surface area contributed by atoms with Gasteiger partial charge in [-0.15, -0.1) is 11.8 Å². The monoisotopic (exact) mass is 364 g/mol. The molecule has 126 valence electrons. The zero-order chi connectivity index (χ0) is 17.5. The van der Waals surface area contributed by atoms with Crippen LogP contribution >= 0.6 is 23.4 Å². The van der Waals surface area contributed by atoms with Crippen LogP contribution in [-0.2, 0) is 14.3 Å². The molecular weight excluding hydrogens is 348 g/mol. The van der Waals surface area contributed by atoms with E-state index >= 15 is 0 Å². The Morgan fingerprint density at radius 1 is 1.17 bits per heavy atom. The third-order valence-corrected chi connectivity index (χ3v) is 4.46. The van der Waals surface area contributed by atoms with Gasteiger partial charge in [-0.25, -0.2) is 4.98 Å². The number of nitrogens with zero attached hydrogens (tertiary/aromatic N) is 1. The van der Waals surface area contributed by atoms with Crippen LogP contribution in [0.1, 0.15) is 13.8 Å². The molecule has 0 saturated carbocycles. The number of hydrogen-bond donors (Lipinski definition) is 1. The van der Waals surface area contributed by atoms with E-state index in [0.29, 0.717) is 5.69 Å². The highest BCUT2D eigenvalue weighted by Crippen LogP contribution is 2.24. The molecule has 24 heavy (non-hydrogen) atoms. The fourth-order valence-corrected chi connectivity index (χ4v) is 2.83. The normalized spacial score (nSPS) is 13.0. The molecule has 2 rings (SSSR count). The summed E-state index contributed by atoms with van der Waals surface area (Å²) in [5, 5.41) is 2.34. The Labute approximate surface area is 149 Å². The highest BCUT2D eigenvalue weighted by molar-refractivity contribution is 8.00. The molecule has 0 aliphatic rings. The Balaban J connectivity index is 1.88. The lowest BCUT2D eigenvalue weighted by Crippen LogP contribution is -2.32. The van der Waals surface area contributed by atoms with Crippen LogP contribution in [0.25, 0.3) is 0 Å². The summed E-state index contributed by atoms with van der Waals surface area (Å²) >= 11 is 7.26. The number of amides is 1. The van der Waals surface area contributed by atoms with Crippen molar-refractivity contribution >= 4 is 40.9 Å². The number of hydrogen-bond acceptors (Lipinski definition) is 5. The predicted molar refractivity (Wildman–Crippen MR) is 95.2 cm³/mol. The second-order valence-corrected chi connectivity index (χ2v) is 6.76. The van der Waals surface area contributed by atoms with Gasteiger partial charge >= 0.3 is 5.97 Å². The van der Waals surface area contributed by atoms with E-state index in [0.717, 1.165) is 4.90 Å². The number of anilines is 1. The fraction of sp³-hybridized carbons (Fsp3) is 0.235. The molecule has 0 spiro atoms. The summed E-state index contributed by atoms with van der Waals surface area (Å²) in [7, 11) is 0. The van der Waals surface area contributed by atoms with Gasteiger partial charge < -0.3 is 10.1 Å². The molecule has 1 N–H and O–H groups in total. The average molecular weight is 365 g/mol. The molecule has 7 heteroatoms. The SMILES string of the molecule is C[C@@H](OC(=O)[C@@H](C)Sc1ccccc1)C(=O)Nc1cccnc1Cl. The van der Waals surface area contributed by atoms with Crippen molar-refractivity contribution < 1.29 is 14.3 Å². The first-order valence-electron chi connectivity index (χ1n) is 7.31. The minimum absolute atomic E-state index is 0.178. The maximum absolute atomic E-state index is 12.1. The lowest BCUT2D eigenvalue weighted by molar-refractivity contribution is -0.152. The highest BCUT2D eigenvalue weighted by Gasteiger charge is 2.23. The summed E-state index contributed by atoms with van der Waals surface area (Å²) in [6.07, 6.45) is 0.580. The summed E-state index contributed by atoms with van der Waals surface area (Å²) in [5.41, 5.74) is 0.374. The molecule has 0 saturated heterocycles. The average Bonchev–Trinajstić information content (AvgIpc) is 2.57. The van der Waals surface area contributed by atoms with Crippen LogP contribution in [-0.4, -0.2) is 28.2 Å². The highest BCUT2D eigenvalue weighted by atomic mass is 35.5. The fourth-order valence-electron chi connectivity index (χ4n) is 1.79. The second kappa shape index (κ2) is 8.70. The number of ether oxygens (including phenoxy) is 1. The number of esters is 1. The topological polar surface area (TPSA) is 68.3 Å². The third kappa shape index (κ3) is 5.25. The van der Waals surface area contributed by atoms with Crippen LogP contribution in [0.3, 0.4) is 0 Å². The standard InChI is InChI=1S/C17H17ClN2O3S/c1-11(16(21)20-14-9-6-10-19-15(14)18)23-17(22)12(2)24-13-7-4-3-5-8-13/h3-12H,1-2H3,(H,20,21)/t11-,12-/m1/s1. The molecule has 2 atom stereocenters. The number of rotatable bonds is 6. The Bertz CT molecular complexity index is 712. The molecule has 0 aliphatic carbocycles. The van der Waals surface area contributed by atoms with Crippen LogP contribution in [0.4, 0.5) is 5.69 Å². The van der Waals surface area contributed by atoms with Gasteiger partial charge in [-0.05, 0) is 38.1 Å². The van der Waals surface area contributed by atoms with Crippen LogP contribution < -0.4 is 5.32 Å². The maximum atomic E-state index is 12.1. The second-order valence-electron chi connectivity index (χ2n) is 4.98. The van der Waals surface area contributed by atoms with Gasteiger partial charge in [0.15, 0.2) is 11.3 Å². The van der Waals surface area contributed by atoms with E-state index in [4.69, 9.17) is 16.3 Å². The summed E-state index contributed by atoms with van der Waals surface area (Å²) < 4.78 is 5.22. The Morgan fingerprint density at radius 3 is 2.54 bits per heavy atom. The number of halogens is 1. The number of thioether (sulfide) groups is 1. The minimum atomic E-state index is -0.937. The molecular formula is C17H17ClN2O3S. The molecule has 1 aromatic heterocycles. The Hall–Kier alpha value is -2.05. The van der Waals surface area contributed by atoms with Gasteiger partial charge in [0, 0.05) is 11.1 Å². The van der Waals surface area contributed by atoms with Gasteiger partial charge in [0.05, 0.1) is 5.69 Å². The van der Waals surface area contributed by atoms with Gasteiger partial charge in [0.1, 0.15) is 5.25 Å².